The predicted octanol–water partition coefficient (Wildman–Crippen LogP) is 2.02. The van der Waals surface area contributed by atoms with Crippen molar-refractivity contribution in [1.82, 2.24) is 4.90 Å². The van der Waals surface area contributed by atoms with Crippen LogP contribution in [0.25, 0.3) is 0 Å². The van der Waals surface area contributed by atoms with Gasteiger partial charge in [0.15, 0.2) is 0 Å². The maximum Gasteiger partial charge on any atom is 0.500 e. The zero-order valence-electron chi connectivity index (χ0n) is 11.1. The average Bonchev–Trinajstić information content (AvgIpc) is 2.31. The quantitative estimate of drug-likeness (QED) is 0.601. The topological polar surface area (TPSA) is 30.9 Å². The molecule has 0 saturated carbocycles. The SMILES string of the molecule is CCN(CC)CCC[Si](OC)(OC)OC.Cl. The summed E-state index contributed by atoms with van der Waals surface area (Å²) < 4.78 is 16.1. The molecule has 0 saturated heterocycles. The van der Waals surface area contributed by atoms with Gasteiger partial charge in [0.2, 0.25) is 0 Å². The third kappa shape index (κ3) is 6.17. The van der Waals surface area contributed by atoms with E-state index in [-0.39, 0.29) is 12.4 Å². The zero-order chi connectivity index (χ0) is 11.7. The molecule has 0 aromatic rings. The van der Waals surface area contributed by atoms with Crippen molar-refractivity contribution in [3.8, 4) is 0 Å². The van der Waals surface area contributed by atoms with Crippen LogP contribution in [0.1, 0.15) is 20.3 Å². The van der Waals surface area contributed by atoms with Crippen LogP contribution in [0, 0.1) is 0 Å². The number of nitrogens with zero attached hydrogens (tertiary/aromatic N) is 1. The third-order valence-electron chi connectivity index (χ3n) is 2.78. The standard InChI is InChI=1S/C10H25NO3Si.ClH/c1-6-11(7-2)9-8-10-15(12-3,13-4)14-5;/h6-10H2,1-5H3;1H. The van der Waals surface area contributed by atoms with Gasteiger partial charge in [-0.05, 0) is 26.1 Å². The van der Waals surface area contributed by atoms with Gasteiger partial charge in [-0.25, -0.2) is 0 Å². The van der Waals surface area contributed by atoms with E-state index in [1.54, 1.807) is 21.3 Å². The molecule has 0 aromatic carbocycles. The Kier molecular flexibility index (Phi) is 12.3. The molecule has 16 heavy (non-hydrogen) atoms. The van der Waals surface area contributed by atoms with Crippen molar-refractivity contribution in [2.75, 3.05) is 41.0 Å². The van der Waals surface area contributed by atoms with E-state index in [9.17, 15) is 0 Å². The maximum absolute atomic E-state index is 5.36. The first-order chi connectivity index (χ1) is 7.17. The fourth-order valence-electron chi connectivity index (χ4n) is 1.62. The first-order valence-electron chi connectivity index (χ1n) is 5.55. The molecule has 0 atom stereocenters. The van der Waals surface area contributed by atoms with Gasteiger partial charge in [0, 0.05) is 27.4 Å². The molecule has 0 amide bonds. The van der Waals surface area contributed by atoms with E-state index < -0.39 is 8.80 Å². The highest BCUT2D eigenvalue weighted by Gasteiger charge is 2.36. The summed E-state index contributed by atoms with van der Waals surface area (Å²) in [6.45, 7) is 7.63. The van der Waals surface area contributed by atoms with E-state index in [1.807, 2.05) is 0 Å². The molecule has 100 valence electrons. The average molecular weight is 272 g/mol. The monoisotopic (exact) mass is 271 g/mol. The summed E-state index contributed by atoms with van der Waals surface area (Å²) in [6, 6.07) is 0.882. The second kappa shape index (κ2) is 10.5. The van der Waals surface area contributed by atoms with Crippen LogP contribution in [0.15, 0.2) is 0 Å². The largest absolute Gasteiger partial charge is 0.500 e. The summed E-state index contributed by atoms with van der Waals surface area (Å²) in [5.41, 5.74) is 0. The van der Waals surface area contributed by atoms with Crippen LogP contribution in [-0.4, -0.2) is 54.7 Å². The lowest BCUT2D eigenvalue weighted by Gasteiger charge is -2.25. The molecule has 0 aliphatic carbocycles. The molecule has 0 unspecified atom stereocenters. The minimum absolute atomic E-state index is 0. The van der Waals surface area contributed by atoms with Crippen LogP contribution in [0.4, 0.5) is 0 Å². The van der Waals surface area contributed by atoms with E-state index in [2.05, 4.69) is 18.7 Å². The van der Waals surface area contributed by atoms with E-state index in [1.165, 1.54) is 0 Å². The highest BCUT2D eigenvalue weighted by Crippen LogP contribution is 2.15. The summed E-state index contributed by atoms with van der Waals surface area (Å²) in [7, 11) is 2.65. The molecule has 0 spiro atoms. The molecule has 0 heterocycles. The molecule has 0 aliphatic rings. The predicted molar refractivity (Wildman–Crippen MR) is 71.2 cm³/mol. The lowest BCUT2D eigenvalue weighted by atomic mass is 10.4. The van der Waals surface area contributed by atoms with Crippen molar-refractivity contribution in [2.45, 2.75) is 26.3 Å². The van der Waals surface area contributed by atoms with Crippen molar-refractivity contribution in [3.05, 3.63) is 0 Å². The lowest BCUT2D eigenvalue weighted by Crippen LogP contribution is -2.43. The Morgan fingerprint density at radius 1 is 0.938 bits per heavy atom. The van der Waals surface area contributed by atoms with Crippen molar-refractivity contribution < 1.29 is 13.3 Å². The van der Waals surface area contributed by atoms with E-state index in [0.717, 1.165) is 32.1 Å². The molecular weight excluding hydrogens is 246 g/mol. The Labute approximate surface area is 107 Å². The second-order valence-electron chi connectivity index (χ2n) is 3.43. The summed E-state index contributed by atoms with van der Waals surface area (Å²) in [6.07, 6.45) is 1.06. The van der Waals surface area contributed by atoms with Gasteiger partial charge in [-0.3, -0.25) is 0 Å². The fourth-order valence-corrected chi connectivity index (χ4v) is 3.32. The van der Waals surface area contributed by atoms with Crippen molar-refractivity contribution in [2.24, 2.45) is 0 Å². The van der Waals surface area contributed by atoms with Crippen molar-refractivity contribution in [3.63, 3.8) is 0 Å². The Balaban J connectivity index is 0. The van der Waals surface area contributed by atoms with Gasteiger partial charge in [-0.15, -0.1) is 12.4 Å². The number of hydrogen-bond acceptors (Lipinski definition) is 4. The van der Waals surface area contributed by atoms with Gasteiger partial charge >= 0.3 is 8.80 Å². The first-order valence-corrected chi connectivity index (χ1v) is 7.49. The molecule has 0 bridgehead atoms. The molecule has 6 heteroatoms. The van der Waals surface area contributed by atoms with Crippen LogP contribution in [0.5, 0.6) is 0 Å². The molecule has 0 fully saturated rings. The minimum atomic E-state index is -2.34. The minimum Gasteiger partial charge on any atom is -0.377 e. The molecule has 0 aromatic heterocycles. The lowest BCUT2D eigenvalue weighted by molar-refractivity contribution is 0.121. The Morgan fingerprint density at radius 3 is 1.69 bits per heavy atom. The summed E-state index contributed by atoms with van der Waals surface area (Å²) >= 11 is 0. The summed E-state index contributed by atoms with van der Waals surface area (Å²) in [5.74, 6) is 0. The van der Waals surface area contributed by atoms with Crippen LogP contribution in [0.2, 0.25) is 6.04 Å². The van der Waals surface area contributed by atoms with Crippen LogP contribution in [0.3, 0.4) is 0 Å². The van der Waals surface area contributed by atoms with Gasteiger partial charge < -0.3 is 18.2 Å². The van der Waals surface area contributed by atoms with Crippen LogP contribution in [-0.2, 0) is 13.3 Å². The van der Waals surface area contributed by atoms with Crippen LogP contribution < -0.4 is 0 Å². The highest BCUT2D eigenvalue weighted by atomic mass is 35.5. The van der Waals surface area contributed by atoms with Gasteiger partial charge in [-0.1, -0.05) is 13.8 Å². The Morgan fingerprint density at radius 2 is 1.38 bits per heavy atom. The first kappa shape index (κ1) is 18.7. The van der Waals surface area contributed by atoms with Gasteiger partial charge in [-0.2, -0.15) is 0 Å². The molecule has 0 aliphatic heterocycles. The van der Waals surface area contributed by atoms with Gasteiger partial charge in [0.25, 0.3) is 0 Å². The highest BCUT2D eigenvalue weighted by molar-refractivity contribution is 6.60. The Bertz CT molecular complexity index is 147. The van der Waals surface area contributed by atoms with Gasteiger partial charge in [0.1, 0.15) is 0 Å². The fraction of sp³-hybridized carbons (Fsp3) is 1.00. The molecular formula is C10H26ClNO3Si. The Hall–Kier alpha value is 0.347. The van der Waals surface area contributed by atoms with E-state index in [0.29, 0.717) is 0 Å². The maximum atomic E-state index is 5.36. The van der Waals surface area contributed by atoms with Crippen molar-refractivity contribution in [1.29, 1.82) is 0 Å². The number of rotatable bonds is 9. The molecule has 0 rings (SSSR count). The van der Waals surface area contributed by atoms with E-state index in [4.69, 9.17) is 13.3 Å². The zero-order valence-corrected chi connectivity index (χ0v) is 12.9. The summed E-state index contributed by atoms with van der Waals surface area (Å²) in [5, 5.41) is 0. The normalized spacial score (nSPS) is 11.6. The number of halogens is 1. The smallest absolute Gasteiger partial charge is 0.377 e. The molecule has 4 nitrogen and oxygen atoms in total. The second-order valence-corrected chi connectivity index (χ2v) is 6.52. The van der Waals surface area contributed by atoms with Gasteiger partial charge in [0.05, 0.1) is 0 Å². The number of hydrogen-bond donors (Lipinski definition) is 0. The molecule has 0 N–H and O–H groups in total. The summed E-state index contributed by atoms with van der Waals surface area (Å²) in [4.78, 5) is 2.39. The van der Waals surface area contributed by atoms with Crippen LogP contribution >= 0.6 is 12.4 Å². The van der Waals surface area contributed by atoms with E-state index >= 15 is 0 Å². The van der Waals surface area contributed by atoms with Crippen molar-refractivity contribution >= 4 is 21.2 Å². The third-order valence-corrected chi connectivity index (χ3v) is 5.62. The molecule has 0 radical (unpaired) electrons.